The monoisotopic (exact) mass is 474 g/mol. The Labute approximate surface area is 198 Å². The average Bonchev–Trinajstić information content (AvgIpc) is 2.77. The van der Waals surface area contributed by atoms with E-state index in [1.54, 1.807) is 0 Å². The highest BCUT2D eigenvalue weighted by Gasteiger charge is 2.27. The van der Waals surface area contributed by atoms with Crippen molar-refractivity contribution in [2.45, 2.75) is 117 Å². The van der Waals surface area contributed by atoms with Crippen molar-refractivity contribution in [3.05, 3.63) is 21.7 Å². The minimum absolute atomic E-state index is 0.0548. The lowest BCUT2D eigenvalue weighted by Crippen LogP contribution is -2.09. The second-order valence-corrected chi connectivity index (χ2v) is 8.98. The van der Waals surface area contributed by atoms with Crippen LogP contribution in [0.1, 0.15) is 125 Å². The van der Waals surface area contributed by atoms with Crippen LogP contribution in [0, 0.1) is 0 Å². The summed E-state index contributed by atoms with van der Waals surface area (Å²) in [6, 6.07) is 0. The fraction of sp³-hybridized carbons (Fsp3) is 0.720. The summed E-state index contributed by atoms with van der Waals surface area (Å²) in [4.78, 5) is 12.3. The topological polar surface area (TPSA) is 66.8 Å². The van der Waals surface area contributed by atoms with Crippen molar-refractivity contribution >= 4 is 29.4 Å². The smallest absolute Gasteiger partial charge is 0.360 e. The zero-order valence-corrected chi connectivity index (χ0v) is 20.8. The molecule has 0 aliphatic carbocycles. The van der Waals surface area contributed by atoms with Crippen molar-refractivity contribution in [3.63, 3.8) is 0 Å². The average molecular weight is 475 g/mol. The summed E-state index contributed by atoms with van der Waals surface area (Å²) in [6.07, 6.45) is 17.3. The second-order valence-electron chi connectivity index (χ2n) is 8.45. The molecule has 2 N–H and O–H groups in total. The fourth-order valence-electron chi connectivity index (χ4n) is 4.10. The molecule has 0 amide bonds. The molecule has 0 saturated carbocycles. The molecule has 0 atom stereocenters. The van der Waals surface area contributed by atoms with Gasteiger partial charge in [-0.05, 0) is 36.8 Å². The van der Waals surface area contributed by atoms with Gasteiger partial charge >= 0.3 is 5.97 Å². The number of hydrogen-bond acceptors (Lipinski definition) is 4. The normalized spacial score (nSPS) is 11.1. The van der Waals surface area contributed by atoms with Crippen molar-refractivity contribution in [1.82, 2.24) is 0 Å². The van der Waals surface area contributed by atoms with Crippen LogP contribution in [0.4, 0.5) is 0 Å². The molecule has 0 unspecified atom stereocenters. The van der Waals surface area contributed by atoms with Gasteiger partial charge in [0, 0.05) is 0 Å². The van der Waals surface area contributed by atoms with Crippen LogP contribution in [0.3, 0.4) is 0 Å². The molecular weight excluding hydrogens is 435 g/mol. The van der Waals surface area contributed by atoms with Gasteiger partial charge in [0.15, 0.2) is 11.5 Å². The first-order valence-electron chi connectivity index (χ1n) is 12.1. The molecule has 0 aliphatic rings. The Morgan fingerprint density at radius 1 is 0.710 bits per heavy atom. The third kappa shape index (κ3) is 9.49. The van der Waals surface area contributed by atoms with Crippen LogP contribution in [-0.4, -0.2) is 16.2 Å². The summed E-state index contributed by atoms with van der Waals surface area (Å²) in [5.74, 6) is -1.87. The van der Waals surface area contributed by atoms with Gasteiger partial charge in [-0.25, -0.2) is 4.79 Å². The van der Waals surface area contributed by atoms with E-state index in [1.807, 2.05) is 0 Å². The molecule has 178 valence electrons. The molecule has 4 nitrogen and oxygen atoms in total. The van der Waals surface area contributed by atoms with E-state index in [2.05, 4.69) is 18.1 Å². The predicted octanol–water partition coefficient (Wildman–Crippen LogP) is 8.65. The first-order chi connectivity index (χ1) is 15.0. The van der Waals surface area contributed by atoms with Crippen molar-refractivity contribution in [1.29, 1.82) is 0 Å². The van der Waals surface area contributed by atoms with Crippen molar-refractivity contribution in [2.75, 3.05) is 0 Å². The SMILES string of the molecule is CCCCCCCCCc1c(Cl)c(O)c(O)c(C(=O)OCl)c1CCCCCCCCC. The molecule has 0 spiro atoms. The summed E-state index contributed by atoms with van der Waals surface area (Å²) in [6.45, 7) is 4.40. The maximum Gasteiger partial charge on any atom is 0.360 e. The van der Waals surface area contributed by atoms with Gasteiger partial charge in [0.2, 0.25) is 0 Å². The van der Waals surface area contributed by atoms with Gasteiger partial charge in [0.05, 0.1) is 5.02 Å². The Kier molecular flexibility index (Phi) is 14.8. The van der Waals surface area contributed by atoms with E-state index in [0.717, 1.165) is 44.1 Å². The Bertz CT molecular complexity index is 662. The van der Waals surface area contributed by atoms with Crippen molar-refractivity contribution in [2.24, 2.45) is 0 Å². The predicted molar refractivity (Wildman–Crippen MR) is 129 cm³/mol. The van der Waals surface area contributed by atoms with Crippen LogP contribution in [-0.2, 0) is 17.1 Å². The van der Waals surface area contributed by atoms with Crippen molar-refractivity contribution < 1.29 is 19.3 Å². The number of phenolic OH excluding ortho intramolecular Hbond substituents is 2. The number of phenols is 2. The van der Waals surface area contributed by atoms with Crippen molar-refractivity contribution in [3.8, 4) is 11.5 Å². The highest BCUT2D eigenvalue weighted by atomic mass is 35.5. The second kappa shape index (κ2) is 16.5. The van der Waals surface area contributed by atoms with Gasteiger partial charge in [-0.2, -0.15) is 0 Å². The van der Waals surface area contributed by atoms with Crippen LogP contribution < -0.4 is 0 Å². The highest BCUT2D eigenvalue weighted by molar-refractivity contribution is 6.33. The maximum absolute atomic E-state index is 12.3. The molecule has 0 fully saturated rings. The first kappa shape index (κ1) is 27.9. The minimum Gasteiger partial charge on any atom is -0.504 e. The molecule has 0 aromatic heterocycles. The van der Waals surface area contributed by atoms with E-state index in [4.69, 9.17) is 23.5 Å². The molecule has 1 aromatic rings. The standard InChI is InChI=1S/C25H40Cl2O4/c1-3-5-7-9-11-13-15-17-19-20(18-16-14-12-10-8-6-4-2)22(26)24(29)23(28)21(19)25(30)31-27/h28-29H,3-18H2,1-2H3. The summed E-state index contributed by atoms with van der Waals surface area (Å²) < 4.78 is 4.38. The largest absolute Gasteiger partial charge is 0.504 e. The Morgan fingerprint density at radius 3 is 1.58 bits per heavy atom. The number of rotatable bonds is 17. The lowest BCUT2D eigenvalue weighted by molar-refractivity contribution is 0.0746. The number of aromatic hydroxyl groups is 2. The van der Waals surface area contributed by atoms with Gasteiger partial charge in [0.25, 0.3) is 0 Å². The van der Waals surface area contributed by atoms with Crippen LogP contribution in [0.5, 0.6) is 11.5 Å². The minimum atomic E-state index is -0.857. The summed E-state index contributed by atoms with van der Waals surface area (Å²) in [7, 11) is 0. The highest BCUT2D eigenvalue weighted by Crippen LogP contribution is 2.43. The molecule has 0 aliphatic heterocycles. The van der Waals surface area contributed by atoms with Crippen LogP contribution in [0.25, 0.3) is 0 Å². The van der Waals surface area contributed by atoms with E-state index < -0.39 is 17.5 Å². The quantitative estimate of drug-likeness (QED) is 0.175. The number of unbranched alkanes of at least 4 members (excludes halogenated alkanes) is 12. The molecular formula is C25H40Cl2O4. The van der Waals surface area contributed by atoms with Gasteiger partial charge in [0.1, 0.15) is 17.4 Å². The van der Waals surface area contributed by atoms with Gasteiger partial charge in [-0.3, -0.25) is 0 Å². The molecule has 0 saturated heterocycles. The molecule has 31 heavy (non-hydrogen) atoms. The summed E-state index contributed by atoms with van der Waals surface area (Å²) in [5, 5.41) is 20.8. The lowest BCUT2D eigenvalue weighted by atomic mass is 9.91. The molecule has 0 bridgehead atoms. The maximum atomic E-state index is 12.3. The number of halogens is 2. The van der Waals surface area contributed by atoms with Crippen LogP contribution in [0.2, 0.25) is 5.02 Å². The molecule has 0 heterocycles. The molecule has 6 heteroatoms. The Morgan fingerprint density at radius 2 is 1.13 bits per heavy atom. The zero-order valence-electron chi connectivity index (χ0n) is 19.3. The van der Waals surface area contributed by atoms with E-state index >= 15 is 0 Å². The first-order valence-corrected chi connectivity index (χ1v) is 12.8. The van der Waals surface area contributed by atoms with E-state index in [0.29, 0.717) is 18.4 Å². The third-order valence-electron chi connectivity index (χ3n) is 5.93. The zero-order chi connectivity index (χ0) is 23.1. The van der Waals surface area contributed by atoms with Crippen LogP contribution in [0.15, 0.2) is 0 Å². The Hall–Kier alpha value is -1.13. The number of benzene rings is 1. The number of hydrogen-bond donors (Lipinski definition) is 2. The summed E-state index contributed by atoms with van der Waals surface area (Å²) >= 11 is 11.7. The van der Waals surface area contributed by atoms with Crippen LogP contribution >= 0.6 is 23.5 Å². The van der Waals surface area contributed by atoms with Gasteiger partial charge in [-0.1, -0.05) is 102 Å². The van der Waals surface area contributed by atoms with Gasteiger partial charge in [-0.15, -0.1) is 0 Å². The summed E-state index contributed by atoms with van der Waals surface area (Å²) in [5.41, 5.74) is 1.33. The Balaban J connectivity index is 2.89. The van der Waals surface area contributed by atoms with E-state index in [9.17, 15) is 15.0 Å². The van der Waals surface area contributed by atoms with Gasteiger partial charge < -0.3 is 14.5 Å². The lowest BCUT2D eigenvalue weighted by Gasteiger charge is -2.18. The number of carbonyl (C=O) groups excluding carboxylic acids is 1. The number of carbonyl (C=O) groups is 1. The molecule has 1 rings (SSSR count). The fourth-order valence-corrected chi connectivity index (χ4v) is 4.48. The van der Waals surface area contributed by atoms with E-state index in [1.165, 1.54) is 51.4 Å². The van der Waals surface area contributed by atoms with E-state index in [-0.39, 0.29) is 10.6 Å². The molecule has 0 radical (unpaired) electrons. The molecule has 1 aromatic carbocycles. The third-order valence-corrected chi connectivity index (χ3v) is 6.48.